The van der Waals surface area contributed by atoms with Crippen LogP contribution < -0.4 is 30.5 Å². The van der Waals surface area contributed by atoms with Gasteiger partial charge in [-0.15, -0.1) is 0 Å². The molecule has 1 aliphatic rings. The zero-order valence-corrected chi connectivity index (χ0v) is 38.0. The molecule has 0 aliphatic carbocycles. The minimum atomic E-state index is -5.29. The molecule has 0 saturated carbocycles. The molecule has 0 aromatic heterocycles. The van der Waals surface area contributed by atoms with Crippen LogP contribution in [0.3, 0.4) is 0 Å². The van der Waals surface area contributed by atoms with Gasteiger partial charge in [0.2, 0.25) is 5.91 Å². The van der Waals surface area contributed by atoms with E-state index in [2.05, 4.69) is 20.5 Å². The van der Waals surface area contributed by atoms with Gasteiger partial charge in [0.05, 0.1) is 25.9 Å². The molecule has 1 fully saturated rings. The molecular formula is C43H57CaN4O10P. The van der Waals surface area contributed by atoms with E-state index in [1.54, 1.807) is 18.7 Å². The summed E-state index contributed by atoms with van der Waals surface area (Å²) in [6.45, 7) is 10.7. The van der Waals surface area contributed by atoms with Crippen LogP contribution in [0.4, 0.5) is 4.79 Å². The van der Waals surface area contributed by atoms with Gasteiger partial charge in [-0.05, 0) is 81.5 Å². The number of ether oxygens (including phenoxy) is 2. The van der Waals surface area contributed by atoms with E-state index in [4.69, 9.17) is 9.47 Å². The van der Waals surface area contributed by atoms with Gasteiger partial charge in [-0.25, -0.2) is 4.79 Å². The van der Waals surface area contributed by atoms with E-state index in [9.17, 15) is 33.5 Å². The molecule has 3 aromatic rings. The van der Waals surface area contributed by atoms with Crippen LogP contribution in [0.25, 0.3) is 0 Å². The second-order valence-electron chi connectivity index (χ2n) is 15.8. The molecule has 1 heterocycles. The van der Waals surface area contributed by atoms with Crippen molar-refractivity contribution in [3.8, 4) is 5.75 Å². The SMILES string of the molecule is Cc1cccc(C)c1OCC(=O)N[C@@H](Cc1ccccc1)[C@H](C[C@H](Cc1ccccc1)NC(=O)[C@H](C(C)C)N1CCCNC1=O)OC(=O)C(C)(C)CCOP(=O)([O-])[O-].[Ca+2]. The molecular weight excluding hydrogens is 804 g/mol. The molecule has 59 heavy (non-hydrogen) atoms. The number of hydrogen-bond donors (Lipinski definition) is 3. The first-order valence-corrected chi connectivity index (χ1v) is 21.2. The molecule has 3 N–H and O–H groups in total. The van der Waals surface area contributed by atoms with Gasteiger partial charge < -0.3 is 49.2 Å². The summed E-state index contributed by atoms with van der Waals surface area (Å²) in [5, 5.41) is 9.07. The maximum absolute atomic E-state index is 14.3. The zero-order chi connectivity index (χ0) is 42.5. The quantitative estimate of drug-likeness (QED) is 0.0806. The molecule has 16 heteroatoms. The van der Waals surface area contributed by atoms with Gasteiger partial charge in [-0.2, -0.15) is 0 Å². The third-order valence-electron chi connectivity index (χ3n) is 10.2. The van der Waals surface area contributed by atoms with Crippen molar-refractivity contribution in [2.24, 2.45) is 11.3 Å². The van der Waals surface area contributed by atoms with Crippen LogP contribution in [0, 0.1) is 25.2 Å². The Morgan fingerprint density at radius 3 is 2.05 bits per heavy atom. The molecule has 0 unspecified atom stereocenters. The molecule has 0 spiro atoms. The number of nitrogens with zero attached hydrogens (tertiary/aromatic N) is 1. The summed E-state index contributed by atoms with van der Waals surface area (Å²) in [6, 6.07) is 21.8. The number of amides is 4. The smallest absolute Gasteiger partial charge is 0.790 e. The fourth-order valence-corrected chi connectivity index (χ4v) is 7.35. The van der Waals surface area contributed by atoms with Gasteiger partial charge in [-0.3, -0.25) is 14.4 Å². The van der Waals surface area contributed by atoms with Gasteiger partial charge in [0.1, 0.15) is 17.9 Å². The number of hydrogen-bond acceptors (Lipinski definition) is 10. The van der Waals surface area contributed by atoms with Gasteiger partial charge in [0, 0.05) is 25.6 Å². The van der Waals surface area contributed by atoms with Crippen molar-refractivity contribution < 1.29 is 47.5 Å². The molecule has 4 amide bonds. The van der Waals surface area contributed by atoms with Crippen LogP contribution in [0.1, 0.15) is 69.2 Å². The third kappa shape index (κ3) is 16.1. The normalized spacial score (nSPS) is 15.2. The van der Waals surface area contributed by atoms with Gasteiger partial charge in [-0.1, -0.05) is 92.7 Å². The number of benzene rings is 3. The molecule has 14 nitrogen and oxygen atoms in total. The van der Waals surface area contributed by atoms with E-state index >= 15 is 0 Å². The summed E-state index contributed by atoms with van der Waals surface area (Å²) in [6.07, 6.45) is 0.0307. The largest absolute Gasteiger partial charge is 2.00 e. The number of urea groups is 1. The summed E-state index contributed by atoms with van der Waals surface area (Å²) < 4.78 is 28.0. The van der Waals surface area contributed by atoms with Gasteiger partial charge >= 0.3 is 49.7 Å². The van der Waals surface area contributed by atoms with E-state index in [1.165, 1.54) is 0 Å². The number of carbonyl (C=O) groups excluding carboxylic acids is 4. The third-order valence-corrected chi connectivity index (χ3v) is 10.7. The van der Waals surface area contributed by atoms with Crippen LogP contribution in [-0.4, -0.2) is 117 Å². The van der Waals surface area contributed by atoms with E-state index < -0.39 is 56.0 Å². The first kappa shape index (κ1) is 49.9. The van der Waals surface area contributed by atoms with Crippen molar-refractivity contribution in [3.63, 3.8) is 0 Å². The van der Waals surface area contributed by atoms with Crippen molar-refractivity contribution in [3.05, 3.63) is 101 Å². The fraction of sp³-hybridized carbons (Fsp3) is 0.488. The van der Waals surface area contributed by atoms with Crippen molar-refractivity contribution >= 4 is 69.4 Å². The second kappa shape index (κ2) is 23.5. The maximum Gasteiger partial charge on any atom is 2.00 e. The molecule has 4 rings (SSSR count). The van der Waals surface area contributed by atoms with Crippen LogP contribution in [-0.2, 0) is 41.1 Å². The summed E-state index contributed by atoms with van der Waals surface area (Å²) in [5.74, 6) is -1.24. The van der Waals surface area contributed by atoms with Crippen molar-refractivity contribution in [2.75, 3.05) is 26.3 Å². The first-order valence-electron chi connectivity index (χ1n) is 19.7. The van der Waals surface area contributed by atoms with Crippen molar-refractivity contribution in [1.82, 2.24) is 20.9 Å². The molecule has 1 aliphatic heterocycles. The standard InChI is InChI=1S/C43H59N4O10P.Ca/c1-29(2)38(47-23-14-22-44-42(47)51)40(49)45-34(25-32-17-9-7-10-18-32)27-36(57-41(50)43(5,6)21-24-56-58(52,53)54)35(26-33-19-11-8-12-20-33)46-37(48)28-55-39-30(3)15-13-16-31(39)4;/h7-13,15-20,29,34-36,38H,14,21-28H2,1-6H3,(H,44,51)(H,45,49)(H,46,48)(H2,52,53,54);/q;+2/p-2/t34-,35-,36-,38-;/m0./s1. The van der Waals surface area contributed by atoms with Crippen LogP contribution >= 0.6 is 7.82 Å². The Morgan fingerprint density at radius 1 is 0.898 bits per heavy atom. The number of phosphoric ester groups is 1. The molecule has 4 atom stereocenters. The first-order chi connectivity index (χ1) is 27.4. The van der Waals surface area contributed by atoms with E-state index in [1.807, 2.05) is 107 Å². The molecule has 316 valence electrons. The van der Waals surface area contributed by atoms with E-state index in [0.717, 1.165) is 22.3 Å². The number of phosphoric acid groups is 1. The van der Waals surface area contributed by atoms with E-state index in [-0.39, 0.29) is 81.5 Å². The molecule has 0 radical (unpaired) electrons. The predicted octanol–water partition coefficient (Wildman–Crippen LogP) is 3.76. The fourth-order valence-electron chi connectivity index (χ4n) is 7.04. The number of nitrogens with one attached hydrogen (secondary N) is 3. The van der Waals surface area contributed by atoms with Gasteiger partial charge in [0.15, 0.2) is 6.61 Å². The summed E-state index contributed by atoms with van der Waals surface area (Å²) in [4.78, 5) is 79.1. The Kier molecular flexibility index (Phi) is 19.9. The Hall–Kier alpha value is -3.49. The minimum Gasteiger partial charge on any atom is -0.790 e. The minimum absolute atomic E-state index is 0. The second-order valence-corrected chi connectivity index (χ2v) is 17.0. The summed E-state index contributed by atoms with van der Waals surface area (Å²) >= 11 is 0. The van der Waals surface area contributed by atoms with E-state index in [0.29, 0.717) is 31.7 Å². The molecule has 3 aromatic carbocycles. The average molecular weight is 861 g/mol. The van der Waals surface area contributed by atoms with Gasteiger partial charge in [0.25, 0.3) is 5.91 Å². The maximum atomic E-state index is 14.3. The number of carbonyl (C=O) groups is 4. The Labute approximate surface area is 377 Å². The van der Waals surface area contributed by atoms with Crippen LogP contribution in [0.15, 0.2) is 78.9 Å². The number of aryl methyl sites for hydroxylation is 2. The molecule has 1 saturated heterocycles. The summed E-state index contributed by atoms with van der Waals surface area (Å²) in [5.41, 5.74) is 2.11. The number of esters is 1. The number of rotatable bonds is 21. The number of para-hydroxylation sites is 1. The average Bonchev–Trinajstić information content (AvgIpc) is 3.15. The predicted molar refractivity (Wildman–Crippen MR) is 221 cm³/mol. The Balaban J connectivity index is 0.00000930. The zero-order valence-electron chi connectivity index (χ0n) is 34.9. The molecule has 0 bridgehead atoms. The topological polar surface area (TPSA) is 198 Å². The van der Waals surface area contributed by atoms with Crippen LogP contribution in [0.2, 0.25) is 0 Å². The summed E-state index contributed by atoms with van der Waals surface area (Å²) in [7, 11) is -5.29. The Morgan fingerprint density at radius 2 is 1.49 bits per heavy atom. The van der Waals surface area contributed by atoms with Crippen molar-refractivity contribution in [2.45, 2.75) is 97.9 Å². The Bertz CT molecular complexity index is 1860. The van der Waals surface area contributed by atoms with Crippen molar-refractivity contribution in [1.29, 1.82) is 0 Å². The van der Waals surface area contributed by atoms with Crippen LogP contribution in [0.5, 0.6) is 5.75 Å². The monoisotopic (exact) mass is 860 g/mol.